The van der Waals surface area contributed by atoms with Gasteiger partial charge in [0, 0.05) is 43.3 Å². The minimum Gasteiger partial charge on any atom is -0.478 e. The van der Waals surface area contributed by atoms with E-state index in [2.05, 4.69) is 60.3 Å². The van der Waals surface area contributed by atoms with E-state index in [-0.39, 0.29) is 12.0 Å². The van der Waals surface area contributed by atoms with Crippen LogP contribution < -0.4 is 4.90 Å². The fraction of sp³-hybridized carbons (Fsp3) is 0.353. The van der Waals surface area contributed by atoms with Gasteiger partial charge in [-0.1, -0.05) is 74.1 Å². The molecule has 0 aromatic heterocycles. The van der Waals surface area contributed by atoms with Crippen molar-refractivity contribution < 1.29 is 19.4 Å². The first kappa shape index (κ1) is 28.5. The van der Waals surface area contributed by atoms with E-state index in [1.165, 1.54) is 22.3 Å². The first-order valence-electron chi connectivity index (χ1n) is 14.2. The number of ether oxygens (including phenoxy) is 1. The normalized spacial score (nSPS) is 14.7. The fourth-order valence-electron chi connectivity index (χ4n) is 6.24. The second-order valence-corrected chi connectivity index (χ2v) is 16.8. The summed E-state index contributed by atoms with van der Waals surface area (Å²) in [5, 5.41) is 10.1. The number of amides is 1. The second kappa shape index (κ2) is 11.1. The number of carbonyl (C=O) groups is 2. The first-order valence-corrected chi connectivity index (χ1v) is 17.7. The van der Waals surface area contributed by atoms with E-state index in [0.717, 1.165) is 27.9 Å². The summed E-state index contributed by atoms with van der Waals surface area (Å²) in [7, 11) is -1.66. The number of benzene rings is 3. The van der Waals surface area contributed by atoms with Crippen LogP contribution in [0.25, 0.3) is 11.1 Å². The van der Waals surface area contributed by atoms with E-state index < -0.39 is 14.0 Å². The fourth-order valence-corrected chi connectivity index (χ4v) is 6.74. The Balaban J connectivity index is 1.31. The van der Waals surface area contributed by atoms with Crippen LogP contribution in [0.3, 0.4) is 0 Å². The zero-order chi connectivity index (χ0) is 29.5. The minimum absolute atomic E-state index is 0.0237. The summed E-state index contributed by atoms with van der Waals surface area (Å²) in [5.74, 6) is 2.43. The second-order valence-electron chi connectivity index (χ2n) is 12.1. The molecule has 1 N–H and O–H groups in total. The maximum absolute atomic E-state index is 13.2. The zero-order valence-corrected chi connectivity index (χ0v) is 25.8. The molecule has 0 bridgehead atoms. The molecule has 6 nitrogen and oxygen atoms in total. The maximum Gasteiger partial charge on any atom is 0.409 e. The van der Waals surface area contributed by atoms with Gasteiger partial charge in [-0.3, -0.25) is 0 Å². The van der Waals surface area contributed by atoms with Crippen LogP contribution in [0.15, 0.2) is 48.5 Å². The summed E-state index contributed by atoms with van der Waals surface area (Å²) >= 11 is 0. The summed E-state index contributed by atoms with van der Waals surface area (Å²) in [6, 6.07) is 16.6. The standard InChI is InChI=1S/C34H38N2O4Si/c1-22-25(15-20-41(4,5)6)23(2)32(24(3)31(22)33(37)38)35-16-18-36(19-17-35)34(39)40-21-30-28-13-9-7-11-26(28)27-12-8-10-14-29(27)30/h7-14,30H,16-19,21H2,1-6H3,(H,37,38). The molecule has 0 radical (unpaired) electrons. The molecule has 1 heterocycles. The van der Waals surface area contributed by atoms with E-state index in [1.807, 2.05) is 45.0 Å². The lowest BCUT2D eigenvalue weighted by atomic mass is 9.90. The van der Waals surface area contributed by atoms with Crippen LogP contribution in [0.4, 0.5) is 10.5 Å². The van der Waals surface area contributed by atoms with Gasteiger partial charge in [0.1, 0.15) is 14.7 Å². The predicted molar refractivity (Wildman–Crippen MR) is 167 cm³/mol. The van der Waals surface area contributed by atoms with E-state index in [9.17, 15) is 14.7 Å². The Morgan fingerprint density at radius 1 is 0.878 bits per heavy atom. The molecule has 1 saturated heterocycles. The molecule has 1 fully saturated rings. The molecule has 0 saturated carbocycles. The lowest BCUT2D eigenvalue weighted by Gasteiger charge is -2.38. The van der Waals surface area contributed by atoms with Crippen molar-refractivity contribution in [1.82, 2.24) is 4.90 Å². The molecule has 1 aliphatic heterocycles. The molecular formula is C34H38N2O4Si. The van der Waals surface area contributed by atoms with Crippen LogP contribution >= 0.6 is 0 Å². The van der Waals surface area contributed by atoms with Gasteiger partial charge in [0.25, 0.3) is 0 Å². The summed E-state index contributed by atoms with van der Waals surface area (Å²) in [5.41, 5.74) is 12.7. The molecule has 1 aliphatic carbocycles. The molecule has 3 aromatic rings. The number of aromatic carboxylic acids is 1. The number of carboxylic acid groups (broad SMARTS) is 1. The van der Waals surface area contributed by atoms with E-state index in [1.54, 1.807) is 4.90 Å². The highest BCUT2D eigenvalue weighted by molar-refractivity contribution is 6.83. The minimum atomic E-state index is -1.66. The SMILES string of the molecule is Cc1c(C#C[Si](C)(C)C)c(C)c(N2CCN(C(=O)OCC3c4ccccc4-c4ccccc43)CC2)c(C)c1C(=O)O. The van der Waals surface area contributed by atoms with Gasteiger partial charge in [-0.2, -0.15) is 0 Å². The number of fused-ring (bicyclic) bond motifs is 3. The Bertz CT molecular complexity index is 1540. The van der Waals surface area contributed by atoms with Gasteiger partial charge < -0.3 is 19.6 Å². The van der Waals surface area contributed by atoms with Crippen molar-refractivity contribution in [2.75, 3.05) is 37.7 Å². The van der Waals surface area contributed by atoms with Gasteiger partial charge in [0.05, 0.1) is 5.56 Å². The Labute approximate surface area is 244 Å². The van der Waals surface area contributed by atoms with Crippen LogP contribution in [0.2, 0.25) is 19.6 Å². The van der Waals surface area contributed by atoms with Crippen molar-refractivity contribution in [2.24, 2.45) is 0 Å². The largest absolute Gasteiger partial charge is 0.478 e. The van der Waals surface area contributed by atoms with Crippen LogP contribution in [-0.4, -0.2) is 62.9 Å². The van der Waals surface area contributed by atoms with Gasteiger partial charge in [-0.25, -0.2) is 9.59 Å². The molecule has 212 valence electrons. The first-order chi connectivity index (χ1) is 19.5. The summed E-state index contributed by atoms with van der Waals surface area (Å²) in [6.07, 6.45) is -0.309. The van der Waals surface area contributed by atoms with Crippen molar-refractivity contribution in [3.8, 4) is 22.6 Å². The average molecular weight is 567 g/mol. The van der Waals surface area contributed by atoms with Crippen molar-refractivity contribution in [3.63, 3.8) is 0 Å². The highest BCUT2D eigenvalue weighted by Crippen LogP contribution is 2.44. The Morgan fingerprint density at radius 3 is 1.98 bits per heavy atom. The molecule has 2 aliphatic rings. The number of carbonyl (C=O) groups excluding carboxylic acids is 1. The van der Waals surface area contributed by atoms with Crippen LogP contribution in [0.1, 0.15) is 49.7 Å². The van der Waals surface area contributed by atoms with E-state index in [4.69, 9.17) is 4.74 Å². The number of nitrogens with zero attached hydrogens (tertiary/aromatic N) is 2. The smallest absolute Gasteiger partial charge is 0.409 e. The molecular weight excluding hydrogens is 528 g/mol. The third-order valence-corrected chi connectivity index (χ3v) is 9.05. The Kier molecular flexibility index (Phi) is 7.72. The number of piperazine rings is 1. The molecule has 5 rings (SSSR count). The Hall–Kier alpha value is -4.02. The van der Waals surface area contributed by atoms with Crippen LogP contribution in [0.5, 0.6) is 0 Å². The molecule has 3 aromatic carbocycles. The predicted octanol–water partition coefficient (Wildman–Crippen LogP) is 6.61. The van der Waals surface area contributed by atoms with Crippen molar-refractivity contribution in [1.29, 1.82) is 0 Å². The third-order valence-electron chi connectivity index (χ3n) is 8.18. The van der Waals surface area contributed by atoms with Gasteiger partial charge in [-0.05, 0) is 59.7 Å². The third kappa shape index (κ3) is 5.49. The number of carboxylic acids is 1. The number of rotatable bonds is 4. The zero-order valence-electron chi connectivity index (χ0n) is 24.8. The van der Waals surface area contributed by atoms with Crippen LogP contribution in [0, 0.1) is 32.2 Å². The van der Waals surface area contributed by atoms with Crippen LogP contribution in [-0.2, 0) is 4.74 Å². The highest BCUT2D eigenvalue weighted by Gasteiger charge is 2.31. The molecule has 7 heteroatoms. The number of anilines is 1. The molecule has 0 unspecified atom stereocenters. The monoisotopic (exact) mass is 566 g/mol. The van der Waals surface area contributed by atoms with Gasteiger partial charge in [-0.15, -0.1) is 5.54 Å². The van der Waals surface area contributed by atoms with Crippen molar-refractivity contribution in [3.05, 3.63) is 87.5 Å². The quantitative estimate of drug-likeness (QED) is 0.284. The molecule has 41 heavy (non-hydrogen) atoms. The summed E-state index contributed by atoms with van der Waals surface area (Å²) < 4.78 is 5.89. The van der Waals surface area contributed by atoms with Gasteiger partial charge in [0.15, 0.2) is 0 Å². The maximum atomic E-state index is 13.2. The molecule has 0 atom stereocenters. The highest BCUT2D eigenvalue weighted by atomic mass is 28.3. The average Bonchev–Trinajstić information content (AvgIpc) is 3.25. The van der Waals surface area contributed by atoms with Gasteiger partial charge >= 0.3 is 12.1 Å². The van der Waals surface area contributed by atoms with Crippen molar-refractivity contribution in [2.45, 2.75) is 46.3 Å². The summed E-state index contributed by atoms with van der Waals surface area (Å²) in [6.45, 7) is 14.8. The summed E-state index contributed by atoms with van der Waals surface area (Å²) in [4.78, 5) is 29.4. The van der Waals surface area contributed by atoms with Gasteiger partial charge in [0.2, 0.25) is 0 Å². The topological polar surface area (TPSA) is 70.1 Å². The number of hydrogen-bond donors (Lipinski definition) is 1. The molecule has 0 spiro atoms. The van der Waals surface area contributed by atoms with E-state index in [0.29, 0.717) is 38.3 Å². The Morgan fingerprint density at radius 2 is 1.44 bits per heavy atom. The van der Waals surface area contributed by atoms with Crippen molar-refractivity contribution >= 4 is 25.8 Å². The van der Waals surface area contributed by atoms with E-state index >= 15 is 0 Å². The lowest BCUT2D eigenvalue weighted by Crippen LogP contribution is -2.49. The molecule has 1 amide bonds. The number of hydrogen-bond acceptors (Lipinski definition) is 4. The lowest BCUT2D eigenvalue weighted by molar-refractivity contribution is 0.0695.